The molecule has 4 heterocycles. The molecule has 0 spiro atoms. The molecule has 6 aromatic rings. The van der Waals surface area contributed by atoms with Crippen LogP contribution in [0.5, 0.6) is 0 Å². The Bertz CT molecular complexity index is 1890. The summed E-state index contributed by atoms with van der Waals surface area (Å²) >= 11 is 0. The first-order valence-electron chi connectivity index (χ1n) is 14.9. The summed E-state index contributed by atoms with van der Waals surface area (Å²) in [5, 5.41) is 16.8. The lowest BCUT2D eigenvalue weighted by Crippen LogP contribution is -2.14. The van der Waals surface area contributed by atoms with Crippen LogP contribution in [0.2, 0.25) is 0 Å². The summed E-state index contributed by atoms with van der Waals surface area (Å²) < 4.78 is 12.3. The number of ether oxygens (including phenoxy) is 1. The zero-order valence-corrected chi connectivity index (χ0v) is 25.0. The highest BCUT2D eigenvalue weighted by molar-refractivity contribution is 5.94. The van der Waals surface area contributed by atoms with Crippen molar-refractivity contribution in [2.75, 3.05) is 6.61 Å². The van der Waals surface area contributed by atoms with Gasteiger partial charge in [-0.1, -0.05) is 56.3 Å². The summed E-state index contributed by atoms with van der Waals surface area (Å²) in [4.78, 5) is 4.79. The van der Waals surface area contributed by atoms with Crippen LogP contribution in [0.1, 0.15) is 61.2 Å². The van der Waals surface area contributed by atoms with Gasteiger partial charge in [0, 0.05) is 47.0 Å². The molecule has 1 atom stereocenters. The molecule has 42 heavy (non-hydrogen) atoms. The molecule has 8 nitrogen and oxygen atoms in total. The maximum absolute atomic E-state index is 6.44. The Morgan fingerprint density at radius 3 is 2.52 bits per heavy atom. The summed E-state index contributed by atoms with van der Waals surface area (Å²) in [5.74, 6) is 0.984. The van der Waals surface area contributed by atoms with Crippen molar-refractivity contribution in [1.29, 1.82) is 0 Å². The van der Waals surface area contributed by atoms with Crippen molar-refractivity contribution >= 4 is 21.9 Å². The number of hydrogen-bond donors (Lipinski definition) is 0. The third kappa shape index (κ3) is 4.90. The number of aryl methyl sites for hydroxylation is 2. The van der Waals surface area contributed by atoms with E-state index in [1.165, 1.54) is 24.0 Å². The quantitative estimate of drug-likeness (QED) is 0.189. The van der Waals surface area contributed by atoms with E-state index in [0.29, 0.717) is 12.5 Å². The van der Waals surface area contributed by atoms with Crippen LogP contribution in [0.15, 0.2) is 67.0 Å². The van der Waals surface area contributed by atoms with Crippen molar-refractivity contribution in [3.05, 3.63) is 89.5 Å². The second-order valence-corrected chi connectivity index (χ2v) is 12.0. The van der Waals surface area contributed by atoms with Crippen LogP contribution >= 0.6 is 0 Å². The van der Waals surface area contributed by atoms with Gasteiger partial charge in [0.1, 0.15) is 6.10 Å². The molecule has 2 aromatic carbocycles. The highest BCUT2D eigenvalue weighted by atomic mass is 16.5. The molecule has 4 aromatic heterocycles. The molecular formula is C34H37N7O. The molecule has 1 fully saturated rings. The standard InChI is InChI=1S/C34H37N7O/c1-21(2)32-23(4)41(30-16-26-17-39(5)38-34(26)35-22(30)3)37-33(32)27-12-9-13-29-28(27)18-40(36-29)19-31(42-20-24-14-15-24)25-10-7-6-8-11-25/h6-13,16-18,21,24,31H,14-15,19-20H2,1-5H3/t31-/m0/s1. The SMILES string of the molecule is Cc1nc2nn(C)cc2cc1-n1nc(-c2cccc3nn(C[C@H](OCC4CC4)c4ccccc4)cc23)c(C(C)C)c1C. The predicted octanol–water partition coefficient (Wildman–Crippen LogP) is 7.08. The fraction of sp³-hybridized carbons (Fsp3) is 0.353. The van der Waals surface area contributed by atoms with Crippen LogP contribution in [0.4, 0.5) is 0 Å². The Labute approximate surface area is 245 Å². The van der Waals surface area contributed by atoms with E-state index in [-0.39, 0.29) is 12.0 Å². The van der Waals surface area contributed by atoms with E-state index < -0.39 is 0 Å². The Kier molecular flexibility index (Phi) is 6.66. The van der Waals surface area contributed by atoms with Crippen molar-refractivity contribution in [1.82, 2.24) is 34.3 Å². The van der Waals surface area contributed by atoms with Crippen LogP contribution in [0, 0.1) is 19.8 Å². The number of pyridine rings is 1. The first-order valence-corrected chi connectivity index (χ1v) is 14.9. The molecule has 0 saturated heterocycles. The lowest BCUT2D eigenvalue weighted by molar-refractivity contribution is 0.0314. The number of fused-ring (bicyclic) bond motifs is 2. The Morgan fingerprint density at radius 2 is 1.76 bits per heavy atom. The minimum atomic E-state index is -0.0462. The molecule has 8 heteroatoms. The van der Waals surface area contributed by atoms with E-state index >= 15 is 0 Å². The zero-order chi connectivity index (χ0) is 29.0. The number of hydrogen-bond acceptors (Lipinski definition) is 5. The van der Waals surface area contributed by atoms with Crippen molar-refractivity contribution in [2.45, 2.75) is 59.1 Å². The van der Waals surface area contributed by atoms with Gasteiger partial charge in [0.25, 0.3) is 0 Å². The summed E-state index contributed by atoms with van der Waals surface area (Å²) in [7, 11) is 1.92. The van der Waals surface area contributed by atoms with E-state index in [1.54, 1.807) is 4.68 Å². The van der Waals surface area contributed by atoms with Crippen LogP contribution in [0.25, 0.3) is 38.9 Å². The summed E-state index contributed by atoms with van der Waals surface area (Å²) in [6.07, 6.45) is 6.66. The van der Waals surface area contributed by atoms with Crippen molar-refractivity contribution in [3.63, 3.8) is 0 Å². The topological polar surface area (TPSA) is 75.6 Å². The normalized spacial score (nSPS) is 14.4. The number of nitrogens with zero attached hydrogens (tertiary/aromatic N) is 7. The minimum Gasteiger partial charge on any atom is -0.371 e. The Morgan fingerprint density at radius 1 is 0.952 bits per heavy atom. The van der Waals surface area contributed by atoms with Gasteiger partial charge in [-0.05, 0) is 56.2 Å². The smallest absolute Gasteiger partial charge is 0.181 e. The van der Waals surface area contributed by atoms with Crippen LogP contribution in [-0.4, -0.2) is 40.9 Å². The lowest BCUT2D eigenvalue weighted by Gasteiger charge is -2.18. The zero-order valence-electron chi connectivity index (χ0n) is 25.0. The first-order chi connectivity index (χ1) is 20.4. The molecule has 0 bridgehead atoms. The summed E-state index contributed by atoms with van der Waals surface area (Å²) in [6.45, 7) is 10.1. The Balaban J connectivity index is 1.30. The van der Waals surface area contributed by atoms with Gasteiger partial charge in [0.05, 0.1) is 35.7 Å². The highest BCUT2D eigenvalue weighted by Crippen LogP contribution is 2.37. The lowest BCUT2D eigenvalue weighted by atomic mass is 9.95. The second-order valence-electron chi connectivity index (χ2n) is 12.0. The molecule has 0 radical (unpaired) electrons. The van der Waals surface area contributed by atoms with Gasteiger partial charge in [0.15, 0.2) is 5.65 Å². The summed E-state index contributed by atoms with van der Waals surface area (Å²) in [5.41, 5.74) is 9.20. The molecule has 214 valence electrons. The maximum Gasteiger partial charge on any atom is 0.181 e. The maximum atomic E-state index is 6.44. The van der Waals surface area contributed by atoms with Gasteiger partial charge in [-0.3, -0.25) is 9.36 Å². The molecular weight excluding hydrogens is 522 g/mol. The summed E-state index contributed by atoms with van der Waals surface area (Å²) in [6, 6.07) is 19.0. The fourth-order valence-electron chi connectivity index (χ4n) is 6.03. The minimum absolute atomic E-state index is 0.0462. The average molecular weight is 560 g/mol. The molecule has 7 rings (SSSR count). The van der Waals surface area contributed by atoms with E-state index in [4.69, 9.17) is 19.9 Å². The number of benzene rings is 2. The van der Waals surface area contributed by atoms with Crippen molar-refractivity contribution in [2.24, 2.45) is 13.0 Å². The van der Waals surface area contributed by atoms with Crippen molar-refractivity contribution < 1.29 is 4.74 Å². The molecule has 1 saturated carbocycles. The predicted molar refractivity (Wildman–Crippen MR) is 166 cm³/mol. The van der Waals surface area contributed by atoms with Crippen molar-refractivity contribution in [3.8, 4) is 16.9 Å². The van der Waals surface area contributed by atoms with E-state index in [9.17, 15) is 0 Å². The molecule has 1 aliphatic rings. The van der Waals surface area contributed by atoms with E-state index in [2.05, 4.69) is 91.3 Å². The van der Waals surface area contributed by atoms with Gasteiger partial charge in [-0.2, -0.15) is 15.3 Å². The first kappa shape index (κ1) is 26.6. The van der Waals surface area contributed by atoms with E-state index in [0.717, 1.165) is 56.9 Å². The van der Waals surface area contributed by atoms with Crippen LogP contribution in [0.3, 0.4) is 0 Å². The van der Waals surface area contributed by atoms with Gasteiger partial charge in [-0.15, -0.1) is 0 Å². The molecule has 0 amide bonds. The Hall–Kier alpha value is -4.30. The third-order valence-corrected chi connectivity index (χ3v) is 8.35. The highest BCUT2D eigenvalue weighted by Gasteiger charge is 2.26. The fourth-order valence-corrected chi connectivity index (χ4v) is 6.03. The van der Waals surface area contributed by atoms with E-state index in [1.807, 2.05) is 24.9 Å². The molecule has 0 unspecified atom stereocenters. The number of rotatable bonds is 9. The third-order valence-electron chi connectivity index (χ3n) is 8.35. The average Bonchev–Trinajstić information content (AvgIpc) is 3.44. The number of aromatic nitrogens is 7. The van der Waals surface area contributed by atoms with Crippen LogP contribution < -0.4 is 0 Å². The van der Waals surface area contributed by atoms with Gasteiger partial charge in [-0.25, -0.2) is 9.67 Å². The molecule has 1 aliphatic carbocycles. The van der Waals surface area contributed by atoms with Gasteiger partial charge >= 0.3 is 0 Å². The molecule has 0 N–H and O–H groups in total. The van der Waals surface area contributed by atoms with Crippen LogP contribution in [-0.2, 0) is 18.3 Å². The van der Waals surface area contributed by atoms with Gasteiger partial charge in [0.2, 0.25) is 0 Å². The monoisotopic (exact) mass is 559 g/mol. The molecule has 0 aliphatic heterocycles. The second kappa shape index (κ2) is 10.5. The van der Waals surface area contributed by atoms with Gasteiger partial charge < -0.3 is 4.74 Å². The largest absolute Gasteiger partial charge is 0.371 e.